The number of methoxy groups -OCH3 is 1. The van der Waals surface area contributed by atoms with E-state index in [0.29, 0.717) is 34.8 Å². The number of benzene rings is 3. The lowest BCUT2D eigenvalue weighted by Crippen LogP contribution is -2.40. The van der Waals surface area contributed by atoms with Gasteiger partial charge in [0, 0.05) is 27.9 Å². The van der Waals surface area contributed by atoms with Crippen LogP contribution in [0.2, 0.25) is 5.02 Å². The first-order valence-electron chi connectivity index (χ1n) is 13.7. The van der Waals surface area contributed by atoms with Gasteiger partial charge in [0.2, 0.25) is 0 Å². The summed E-state index contributed by atoms with van der Waals surface area (Å²) < 4.78 is 5.36. The van der Waals surface area contributed by atoms with Crippen LogP contribution in [0.5, 0.6) is 5.75 Å². The lowest BCUT2D eigenvalue weighted by molar-refractivity contribution is -0.134. The lowest BCUT2D eigenvalue weighted by Gasteiger charge is -2.29. The Bertz CT molecular complexity index is 1630. The molecule has 0 radical (unpaired) electrons. The summed E-state index contributed by atoms with van der Waals surface area (Å²) in [5.41, 5.74) is 4.08. The SMILES string of the molecule is COc1ccc(C2CC(c3c(-c4ccccc4)c4cc(Cl)ccc4[nH]c3=O)=NN2C(=O)CN2CCCCC2)cc1. The summed E-state index contributed by atoms with van der Waals surface area (Å²) in [5, 5.41) is 7.88. The van der Waals surface area contributed by atoms with Crippen molar-refractivity contribution in [3.05, 3.63) is 99.3 Å². The Morgan fingerprint density at radius 1 is 1.00 bits per heavy atom. The molecule has 1 N–H and O–H groups in total. The van der Waals surface area contributed by atoms with Crippen LogP contribution < -0.4 is 10.3 Å². The smallest absolute Gasteiger partial charge is 0.258 e. The third-order valence-electron chi connectivity index (χ3n) is 7.80. The second kappa shape index (κ2) is 11.3. The van der Waals surface area contributed by atoms with E-state index in [-0.39, 0.29) is 17.5 Å². The standard InChI is InChI=1S/C32H31ClN4O3/c1-40-24-13-10-21(11-14-24)28-19-27(35-37(28)29(38)20-36-16-6-3-7-17-36)31-30(22-8-4-2-5-9-22)25-18-23(33)12-15-26(25)34-32(31)39/h2,4-5,8-15,18,28H,3,6-7,16-17,19-20H2,1H3,(H,34,39). The van der Waals surface area contributed by atoms with Gasteiger partial charge in [-0.2, -0.15) is 5.10 Å². The molecule has 1 atom stereocenters. The van der Waals surface area contributed by atoms with Gasteiger partial charge in [-0.05, 0) is 67.4 Å². The number of carbonyl (C=O) groups is 1. The highest BCUT2D eigenvalue weighted by Crippen LogP contribution is 2.38. The number of amides is 1. The van der Waals surface area contributed by atoms with Gasteiger partial charge in [-0.1, -0.05) is 60.5 Å². The van der Waals surface area contributed by atoms with E-state index in [0.717, 1.165) is 53.8 Å². The summed E-state index contributed by atoms with van der Waals surface area (Å²) in [4.78, 5) is 32.7. The second-order valence-electron chi connectivity index (χ2n) is 10.4. The van der Waals surface area contributed by atoms with Crippen LogP contribution in [-0.4, -0.2) is 53.3 Å². The molecule has 8 heteroatoms. The summed E-state index contributed by atoms with van der Waals surface area (Å²) in [6.45, 7) is 2.12. The van der Waals surface area contributed by atoms with E-state index in [1.54, 1.807) is 18.2 Å². The fourth-order valence-corrected chi connectivity index (χ4v) is 5.98. The summed E-state index contributed by atoms with van der Waals surface area (Å²) in [7, 11) is 1.63. The first-order chi connectivity index (χ1) is 19.5. The van der Waals surface area contributed by atoms with Crippen LogP contribution in [0.1, 0.15) is 42.9 Å². The van der Waals surface area contributed by atoms with Crippen LogP contribution in [0.3, 0.4) is 0 Å². The maximum absolute atomic E-state index is 13.7. The Kier molecular flexibility index (Phi) is 7.41. The number of piperidine rings is 1. The van der Waals surface area contributed by atoms with Crippen molar-refractivity contribution in [2.24, 2.45) is 5.10 Å². The van der Waals surface area contributed by atoms with Crippen molar-refractivity contribution < 1.29 is 9.53 Å². The average Bonchev–Trinajstić information content (AvgIpc) is 3.43. The molecule has 2 aliphatic heterocycles. The van der Waals surface area contributed by atoms with Gasteiger partial charge in [0.15, 0.2) is 0 Å². The van der Waals surface area contributed by atoms with Crippen LogP contribution in [0.15, 0.2) is 82.7 Å². The lowest BCUT2D eigenvalue weighted by atomic mass is 9.91. The Morgan fingerprint density at radius 3 is 2.48 bits per heavy atom. The number of aromatic amines is 1. The molecule has 204 valence electrons. The molecule has 4 aromatic rings. The number of H-pyrrole nitrogens is 1. The molecule has 2 aliphatic rings. The van der Waals surface area contributed by atoms with Gasteiger partial charge in [-0.15, -0.1) is 0 Å². The molecule has 0 bridgehead atoms. The number of ether oxygens (including phenoxy) is 1. The van der Waals surface area contributed by atoms with E-state index in [1.165, 1.54) is 6.42 Å². The first-order valence-corrected chi connectivity index (χ1v) is 14.1. The van der Waals surface area contributed by atoms with E-state index in [9.17, 15) is 9.59 Å². The van der Waals surface area contributed by atoms with Crippen molar-refractivity contribution >= 4 is 34.1 Å². The maximum atomic E-state index is 13.7. The molecule has 1 aromatic heterocycles. The summed E-state index contributed by atoms with van der Waals surface area (Å²) in [6, 6.07) is 22.6. The van der Waals surface area contributed by atoms with Crippen LogP contribution in [-0.2, 0) is 4.79 Å². The van der Waals surface area contributed by atoms with Crippen LogP contribution in [0.4, 0.5) is 0 Å². The van der Waals surface area contributed by atoms with Gasteiger partial charge in [-0.3, -0.25) is 14.5 Å². The minimum absolute atomic E-state index is 0.0701. The summed E-state index contributed by atoms with van der Waals surface area (Å²) in [6.07, 6.45) is 3.80. The van der Waals surface area contributed by atoms with Crippen molar-refractivity contribution in [3.8, 4) is 16.9 Å². The topological polar surface area (TPSA) is 78.0 Å². The van der Waals surface area contributed by atoms with Gasteiger partial charge in [-0.25, -0.2) is 5.01 Å². The van der Waals surface area contributed by atoms with Crippen LogP contribution >= 0.6 is 11.6 Å². The number of hydrogen-bond acceptors (Lipinski definition) is 5. The molecule has 1 fully saturated rings. The molecule has 3 aromatic carbocycles. The molecule has 0 spiro atoms. The summed E-state index contributed by atoms with van der Waals surface area (Å²) >= 11 is 6.43. The van der Waals surface area contributed by atoms with Crippen molar-refractivity contribution in [1.82, 2.24) is 14.9 Å². The number of pyridine rings is 1. The molecule has 6 rings (SSSR count). The fourth-order valence-electron chi connectivity index (χ4n) is 5.80. The minimum Gasteiger partial charge on any atom is -0.497 e. The Balaban J connectivity index is 1.48. The number of hydrogen-bond donors (Lipinski definition) is 1. The molecule has 1 saturated heterocycles. The van der Waals surface area contributed by atoms with E-state index < -0.39 is 0 Å². The van der Waals surface area contributed by atoms with E-state index in [4.69, 9.17) is 21.4 Å². The van der Waals surface area contributed by atoms with Crippen LogP contribution in [0, 0.1) is 0 Å². The quantitative estimate of drug-likeness (QED) is 0.316. The molecule has 0 aliphatic carbocycles. The predicted molar refractivity (Wildman–Crippen MR) is 159 cm³/mol. The molecule has 40 heavy (non-hydrogen) atoms. The van der Waals surface area contributed by atoms with Crippen molar-refractivity contribution in [2.45, 2.75) is 31.7 Å². The van der Waals surface area contributed by atoms with Gasteiger partial charge in [0.1, 0.15) is 5.75 Å². The average molecular weight is 555 g/mol. The largest absolute Gasteiger partial charge is 0.497 e. The van der Waals surface area contributed by atoms with Crippen molar-refractivity contribution in [3.63, 3.8) is 0 Å². The number of nitrogens with zero attached hydrogens (tertiary/aromatic N) is 3. The third kappa shape index (κ3) is 5.15. The second-order valence-corrected chi connectivity index (χ2v) is 10.8. The highest BCUT2D eigenvalue weighted by atomic mass is 35.5. The van der Waals surface area contributed by atoms with E-state index >= 15 is 0 Å². The number of rotatable bonds is 6. The van der Waals surface area contributed by atoms with Gasteiger partial charge < -0.3 is 9.72 Å². The number of hydrazone groups is 1. The van der Waals surface area contributed by atoms with Crippen LogP contribution in [0.25, 0.3) is 22.0 Å². The molecular weight excluding hydrogens is 524 g/mol. The predicted octanol–water partition coefficient (Wildman–Crippen LogP) is 6.02. The van der Waals surface area contributed by atoms with Gasteiger partial charge in [0.05, 0.1) is 31.0 Å². The Hall–Kier alpha value is -3.94. The zero-order valence-electron chi connectivity index (χ0n) is 22.4. The molecular formula is C32H31ClN4O3. The number of fused-ring (bicyclic) bond motifs is 1. The number of carbonyl (C=O) groups excluding carboxylic acids is 1. The zero-order chi connectivity index (χ0) is 27.6. The van der Waals surface area contributed by atoms with Crippen molar-refractivity contribution in [2.75, 3.05) is 26.7 Å². The number of likely N-dealkylation sites (tertiary alicyclic amines) is 1. The van der Waals surface area contributed by atoms with E-state index in [1.807, 2.05) is 66.7 Å². The molecule has 0 saturated carbocycles. The molecule has 7 nitrogen and oxygen atoms in total. The minimum atomic E-state index is -0.337. The number of halogens is 1. The summed E-state index contributed by atoms with van der Waals surface area (Å²) in [5.74, 6) is 0.669. The highest BCUT2D eigenvalue weighted by molar-refractivity contribution is 6.31. The first kappa shape index (κ1) is 26.3. The number of aromatic nitrogens is 1. The van der Waals surface area contributed by atoms with Crippen molar-refractivity contribution in [1.29, 1.82) is 0 Å². The molecule has 3 heterocycles. The van der Waals surface area contributed by atoms with Gasteiger partial charge >= 0.3 is 0 Å². The zero-order valence-corrected chi connectivity index (χ0v) is 23.2. The monoisotopic (exact) mass is 554 g/mol. The Morgan fingerprint density at radius 2 is 1.75 bits per heavy atom. The third-order valence-corrected chi connectivity index (χ3v) is 8.04. The normalized spacial score (nSPS) is 17.7. The Labute approximate surface area is 238 Å². The fraction of sp³-hybridized carbons (Fsp3) is 0.281. The highest BCUT2D eigenvalue weighted by Gasteiger charge is 2.36. The van der Waals surface area contributed by atoms with E-state index in [2.05, 4.69) is 9.88 Å². The molecule has 1 unspecified atom stereocenters. The molecule has 1 amide bonds. The number of nitrogens with one attached hydrogen (secondary N) is 1. The maximum Gasteiger partial charge on any atom is 0.258 e. The van der Waals surface area contributed by atoms with Gasteiger partial charge in [0.25, 0.3) is 11.5 Å².